The topological polar surface area (TPSA) is 80.9 Å². The van der Waals surface area contributed by atoms with Crippen LogP contribution in [-0.4, -0.2) is 22.6 Å². The number of carbonyl (C=O) groups is 1. The summed E-state index contributed by atoms with van der Waals surface area (Å²) in [5.41, 5.74) is 4.93. The van der Waals surface area contributed by atoms with Crippen molar-refractivity contribution in [3.63, 3.8) is 0 Å². The van der Waals surface area contributed by atoms with Gasteiger partial charge in [-0.15, -0.1) is 10.2 Å². The van der Waals surface area contributed by atoms with E-state index in [0.717, 1.165) is 0 Å². The molecule has 9 heteroatoms. The van der Waals surface area contributed by atoms with E-state index in [-0.39, 0.29) is 23.0 Å². The van der Waals surface area contributed by atoms with Gasteiger partial charge in [0.05, 0.1) is 6.54 Å². The lowest BCUT2D eigenvalue weighted by Gasteiger charge is -1.98. The largest absolute Gasteiger partial charge is 0.445 e. The molecule has 0 saturated heterocycles. The van der Waals surface area contributed by atoms with Crippen molar-refractivity contribution in [2.75, 3.05) is 11.9 Å². The van der Waals surface area contributed by atoms with Crippen LogP contribution in [-0.2, 0) is 11.0 Å². The van der Waals surface area contributed by atoms with Gasteiger partial charge in [-0.3, -0.25) is 10.1 Å². The maximum atomic E-state index is 12.0. The van der Waals surface area contributed by atoms with Crippen molar-refractivity contribution in [2.24, 2.45) is 5.73 Å². The van der Waals surface area contributed by atoms with Gasteiger partial charge in [0.2, 0.25) is 16.0 Å². The van der Waals surface area contributed by atoms with Gasteiger partial charge in [-0.25, -0.2) is 0 Å². The van der Waals surface area contributed by atoms with Crippen LogP contribution in [0.1, 0.15) is 5.01 Å². The van der Waals surface area contributed by atoms with E-state index in [1.54, 1.807) is 0 Å². The van der Waals surface area contributed by atoms with Gasteiger partial charge >= 0.3 is 6.18 Å². The van der Waals surface area contributed by atoms with Crippen LogP contribution in [0.5, 0.6) is 0 Å². The summed E-state index contributed by atoms with van der Waals surface area (Å²) in [6.45, 7) is -0.319. The Kier molecular flexibility index (Phi) is 3.01. The quantitative estimate of drug-likeness (QED) is 0.767. The Hall–Kier alpha value is -1.22. The van der Waals surface area contributed by atoms with Crippen molar-refractivity contribution in [3.8, 4) is 0 Å². The van der Waals surface area contributed by atoms with Crippen LogP contribution in [0.25, 0.3) is 0 Å². The van der Waals surface area contributed by atoms with Gasteiger partial charge in [-0.05, 0) is 0 Å². The third-order valence-electron chi connectivity index (χ3n) is 1.10. The fourth-order valence-electron chi connectivity index (χ4n) is 0.559. The van der Waals surface area contributed by atoms with Crippen molar-refractivity contribution in [2.45, 2.75) is 6.18 Å². The summed E-state index contributed by atoms with van der Waals surface area (Å²) in [5, 5.41) is 6.74. The molecule has 1 amide bonds. The smallest absolute Gasteiger partial charge is 0.322 e. The minimum absolute atomic E-state index is 0.215. The van der Waals surface area contributed by atoms with Gasteiger partial charge in [0, 0.05) is 0 Å². The van der Waals surface area contributed by atoms with E-state index in [1.807, 2.05) is 0 Å². The van der Waals surface area contributed by atoms with Crippen LogP contribution >= 0.6 is 11.3 Å². The van der Waals surface area contributed by atoms with Crippen molar-refractivity contribution in [3.05, 3.63) is 5.01 Å². The molecule has 0 aliphatic carbocycles. The minimum atomic E-state index is -4.54. The molecule has 0 fully saturated rings. The molecule has 0 saturated carbocycles. The second-order valence-electron chi connectivity index (χ2n) is 2.16. The van der Waals surface area contributed by atoms with E-state index < -0.39 is 17.1 Å². The molecule has 3 N–H and O–H groups in total. The molecule has 0 unspecified atom stereocenters. The number of anilines is 1. The van der Waals surface area contributed by atoms with Crippen molar-refractivity contribution >= 4 is 22.4 Å². The van der Waals surface area contributed by atoms with E-state index in [1.165, 1.54) is 0 Å². The first kappa shape index (κ1) is 10.9. The number of alkyl halides is 3. The van der Waals surface area contributed by atoms with Crippen LogP contribution in [0.3, 0.4) is 0 Å². The maximum Gasteiger partial charge on any atom is 0.445 e. The summed E-state index contributed by atoms with van der Waals surface area (Å²) in [5.74, 6) is -0.616. The van der Waals surface area contributed by atoms with E-state index in [2.05, 4.69) is 15.5 Å². The number of nitrogens with zero attached hydrogens (tertiary/aromatic N) is 2. The van der Waals surface area contributed by atoms with Gasteiger partial charge < -0.3 is 5.73 Å². The predicted molar refractivity (Wildman–Crippen MR) is 42.6 cm³/mol. The van der Waals surface area contributed by atoms with Crippen molar-refractivity contribution in [1.82, 2.24) is 10.2 Å². The molecule has 0 aliphatic rings. The molecular weight excluding hydrogens is 221 g/mol. The van der Waals surface area contributed by atoms with Crippen molar-refractivity contribution in [1.29, 1.82) is 0 Å². The van der Waals surface area contributed by atoms with E-state index in [4.69, 9.17) is 5.73 Å². The van der Waals surface area contributed by atoms with Gasteiger partial charge in [-0.2, -0.15) is 13.2 Å². The number of carbonyl (C=O) groups excluding carboxylic acids is 1. The molecule has 14 heavy (non-hydrogen) atoms. The average molecular weight is 226 g/mol. The Morgan fingerprint density at radius 3 is 2.57 bits per heavy atom. The van der Waals surface area contributed by atoms with Crippen molar-refractivity contribution < 1.29 is 18.0 Å². The number of aromatic nitrogens is 2. The van der Waals surface area contributed by atoms with Gasteiger partial charge in [0.1, 0.15) is 0 Å². The summed E-state index contributed by atoms with van der Waals surface area (Å²) >= 11 is 0.249. The first-order chi connectivity index (χ1) is 6.43. The highest BCUT2D eigenvalue weighted by atomic mass is 32.1. The van der Waals surface area contributed by atoms with Gasteiger partial charge in [0.25, 0.3) is 0 Å². The summed E-state index contributed by atoms with van der Waals surface area (Å²) in [4.78, 5) is 10.7. The molecule has 0 atom stereocenters. The molecule has 78 valence electrons. The van der Waals surface area contributed by atoms with Crippen LogP contribution in [0, 0.1) is 0 Å². The Balaban J connectivity index is 2.74. The molecule has 0 aromatic carbocycles. The Bertz CT molecular complexity index is 336. The van der Waals surface area contributed by atoms with Crippen LogP contribution < -0.4 is 11.1 Å². The summed E-state index contributed by atoms with van der Waals surface area (Å²) in [7, 11) is 0. The molecular formula is C5H5F3N4OS. The molecule has 0 spiro atoms. The molecule has 1 rings (SSSR count). The Morgan fingerprint density at radius 1 is 1.50 bits per heavy atom. The number of hydrogen-bond donors (Lipinski definition) is 2. The molecule has 1 aromatic rings. The van der Waals surface area contributed by atoms with Gasteiger partial charge in [-0.1, -0.05) is 11.3 Å². The third-order valence-corrected chi connectivity index (χ3v) is 1.98. The van der Waals surface area contributed by atoms with E-state index >= 15 is 0 Å². The Labute approximate surface area is 80.1 Å². The zero-order chi connectivity index (χ0) is 10.8. The van der Waals surface area contributed by atoms with E-state index in [9.17, 15) is 18.0 Å². The molecule has 0 bridgehead atoms. The fraction of sp³-hybridized carbons (Fsp3) is 0.400. The SMILES string of the molecule is NCC(=O)Nc1nnc(C(F)(F)F)s1. The lowest BCUT2D eigenvalue weighted by molar-refractivity contribution is -0.138. The molecule has 0 aliphatic heterocycles. The highest BCUT2D eigenvalue weighted by molar-refractivity contribution is 7.15. The number of hydrogen-bond acceptors (Lipinski definition) is 5. The normalized spacial score (nSPS) is 11.4. The highest BCUT2D eigenvalue weighted by Gasteiger charge is 2.35. The predicted octanol–water partition coefficient (Wildman–Crippen LogP) is 0.454. The summed E-state index contributed by atoms with van der Waals surface area (Å²) in [6.07, 6.45) is -4.54. The maximum absolute atomic E-state index is 12.0. The number of halogens is 3. The zero-order valence-electron chi connectivity index (χ0n) is 6.63. The fourth-order valence-corrected chi connectivity index (χ4v) is 1.19. The molecule has 0 radical (unpaired) electrons. The zero-order valence-corrected chi connectivity index (χ0v) is 7.45. The molecule has 5 nitrogen and oxygen atoms in total. The van der Waals surface area contributed by atoms with Gasteiger partial charge in [0.15, 0.2) is 0 Å². The van der Waals surface area contributed by atoms with E-state index in [0.29, 0.717) is 0 Å². The van der Waals surface area contributed by atoms with Crippen LogP contribution in [0.2, 0.25) is 0 Å². The van der Waals surface area contributed by atoms with Crippen LogP contribution in [0.4, 0.5) is 18.3 Å². The number of nitrogens with two attached hydrogens (primary N) is 1. The first-order valence-electron chi connectivity index (χ1n) is 3.34. The third kappa shape index (κ3) is 2.64. The number of amides is 1. The monoisotopic (exact) mass is 226 g/mol. The summed E-state index contributed by atoms with van der Waals surface area (Å²) < 4.78 is 36.0. The first-order valence-corrected chi connectivity index (χ1v) is 4.15. The second kappa shape index (κ2) is 3.88. The lowest BCUT2D eigenvalue weighted by Crippen LogP contribution is -2.21. The second-order valence-corrected chi connectivity index (χ2v) is 3.14. The van der Waals surface area contributed by atoms with Crippen LogP contribution in [0.15, 0.2) is 0 Å². The minimum Gasteiger partial charge on any atom is -0.322 e. The standard InChI is InChI=1S/C5H5F3N4OS/c6-5(7,8)3-11-12-4(14-3)10-2(13)1-9/h1,9H2,(H,10,12,13). The number of rotatable bonds is 2. The number of nitrogens with one attached hydrogen (secondary N) is 1. The molecule has 1 aromatic heterocycles. The lowest BCUT2D eigenvalue weighted by atomic mass is 10.6. The molecule has 1 heterocycles. The highest BCUT2D eigenvalue weighted by Crippen LogP contribution is 2.32. The summed E-state index contributed by atoms with van der Waals surface area (Å²) in [6, 6.07) is 0. The Morgan fingerprint density at radius 2 is 2.14 bits per heavy atom. The average Bonchev–Trinajstić information content (AvgIpc) is 2.51.